The van der Waals surface area contributed by atoms with E-state index in [1.807, 2.05) is 36.0 Å². The highest BCUT2D eigenvalue weighted by Gasteiger charge is 2.32. The Kier molecular flexibility index (Phi) is 6.20. The maximum atomic E-state index is 13.4. The highest BCUT2D eigenvalue weighted by atomic mass is 35.5. The molecule has 4 heterocycles. The zero-order valence-corrected chi connectivity index (χ0v) is 21.3. The van der Waals surface area contributed by atoms with Crippen LogP contribution in [0.2, 0.25) is 5.02 Å². The van der Waals surface area contributed by atoms with E-state index < -0.39 is 0 Å². The number of hydrogen-bond donors (Lipinski definition) is 0. The molecule has 0 amide bonds. The molecule has 1 aliphatic carbocycles. The van der Waals surface area contributed by atoms with Gasteiger partial charge in [-0.05, 0) is 54.0 Å². The number of benzene rings is 1. The smallest absolute Gasteiger partial charge is 0.267 e. The zero-order valence-electron chi connectivity index (χ0n) is 20.6. The van der Waals surface area contributed by atoms with Crippen molar-refractivity contribution in [3.8, 4) is 27.9 Å². The van der Waals surface area contributed by atoms with Crippen molar-refractivity contribution in [2.24, 2.45) is 5.92 Å². The van der Waals surface area contributed by atoms with Crippen LogP contribution >= 0.6 is 11.6 Å². The van der Waals surface area contributed by atoms with Gasteiger partial charge >= 0.3 is 0 Å². The van der Waals surface area contributed by atoms with Crippen molar-refractivity contribution in [1.29, 1.82) is 0 Å². The van der Waals surface area contributed by atoms with Crippen molar-refractivity contribution >= 4 is 11.6 Å². The van der Waals surface area contributed by atoms with Crippen molar-refractivity contribution in [3.63, 3.8) is 0 Å². The molecule has 0 radical (unpaired) electrons. The van der Waals surface area contributed by atoms with E-state index in [1.54, 1.807) is 36.8 Å². The van der Waals surface area contributed by atoms with Crippen LogP contribution in [0, 0.1) is 11.1 Å². The van der Waals surface area contributed by atoms with Crippen molar-refractivity contribution in [1.82, 2.24) is 39.8 Å². The summed E-state index contributed by atoms with van der Waals surface area (Å²) in [7, 11) is 0. The second-order valence-corrected chi connectivity index (χ2v) is 9.82. The molecule has 0 bridgehead atoms. The summed E-state index contributed by atoms with van der Waals surface area (Å²) < 4.78 is 5.65. The molecule has 0 spiro atoms. The maximum Gasteiger partial charge on any atom is 0.267 e. The fourth-order valence-corrected chi connectivity index (χ4v) is 4.81. The summed E-state index contributed by atoms with van der Waals surface area (Å²) in [6, 6.07) is 10.4. The number of aromatic nitrogens is 9. The van der Waals surface area contributed by atoms with Crippen molar-refractivity contribution in [2.45, 2.75) is 38.8 Å². The minimum Gasteiger partial charge on any atom is -0.618 e. The Bertz CT molecular complexity index is 1660. The van der Waals surface area contributed by atoms with E-state index in [-0.39, 0.29) is 11.6 Å². The van der Waals surface area contributed by atoms with Crippen molar-refractivity contribution in [2.75, 3.05) is 0 Å². The van der Waals surface area contributed by atoms with E-state index in [2.05, 4.69) is 25.7 Å². The molecule has 1 atom stereocenters. The summed E-state index contributed by atoms with van der Waals surface area (Å²) in [6.07, 6.45) is 11.4. The number of nitrogens with zero attached hydrogens (tertiary/aromatic N) is 9. The lowest BCUT2D eigenvalue weighted by Crippen LogP contribution is -2.35. The van der Waals surface area contributed by atoms with Gasteiger partial charge in [0.1, 0.15) is 12.4 Å². The van der Waals surface area contributed by atoms with Crippen LogP contribution in [-0.2, 0) is 6.54 Å². The van der Waals surface area contributed by atoms with Gasteiger partial charge in [-0.1, -0.05) is 24.4 Å². The SMILES string of the molecule is CCn1ncc(-c2cnn(C(CC3CC3)c3ccc(-c4cc(Cl)ccc4-n4cnnn4)c[n+]3[O-])c2)cc1=O. The second-order valence-electron chi connectivity index (χ2n) is 9.39. The van der Waals surface area contributed by atoms with Crippen molar-refractivity contribution in [3.05, 3.63) is 93.8 Å². The summed E-state index contributed by atoms with van der Waals surface area (Å²) in [5.41, 5.74) is 4.01. The van der Waals surface area contributed by atoms with Gasteiger partial charge in [0.25, 0.3) is 5.56 Å². The standard InChI is InChI=1S/C26H24ClN9O2/c1-2-33-26(37)10-19(12-29-33)20-13-30-34(14-20)25(9-17-3-4-17)24-7-5-18(15-36(24)38)22-11-21(27)6-8-23(22)35-16-28-31-32-35/h5-8,10-17,25H,2-4,9H2,1H3. The average Bonchev–Trinajstić information content (AvgIpc) is 3.36. The molecule has 12 heteroatoms. The predicted octanol–water partition coefficient (Wildman–Crippen LogP) is 3.45. The predicted molar refractivity (Wildman–Crippen MR) is 139 cm³/mol. The minimum absolute atomic E-state index is 0.165. The van der Waals surface area contributed by atoms with Gasteiger partial charge in [-0.2, -0.15) is 19.6 Å². The Labute approximate surface area is 222 Å². The molecular weight excluding hydrogens is 506 g/mol. The van der Waals surface area contributed by atoms with E-state index in [0.29, 0.717) is 40.0 Å². The Hall–Kier alpha value is -4.38. The van der Waals surface area contributed by atoms with Gasteiger partial charge in [0.15, 0.2) is 6.20 Å². The van der Waals surface area contributed by atoms with Gasteiger partial charge in [0.05, 0.1) is 18.1 Å². The van der Waals surface area contributed by atoms with Crippen molar-refractivity contribution < 1.29 is 4.73 Å². The number of pyridine rings is 1. The van der Waals surface area contributed by atoms with E-state index in [9.17, 15) is 10.0 Å². The third kappa shape index (κ3) is 4.68. The lowest BCUT2D eigenvalue weighted by molar-refractivity contribution is -0.615. The van der Waals surface area contributed by atoms with Gasteiger partial charge in [0.2, 0.25) is 5.69 Å². The quantitative estimate of drug-likeness (QED) is 0.223. The monoisotopic (exact) mass is 529 g/mol. The molecule has 4 aromatic heterocycles. The minimum atomic E-state index is -0.259. The molecule has 1 saturated carbocycles. The molecule has 0 saturated heterocycles. The Morgan fingerprint density at radius 1 is 1.11 bits per heavy atom. The van der Waals surface area contributed by atoms with E-state index in [4.69, 9.17) is 11.6 Å². The summed E-state index contributed by atoms with van der Waals surface area (Å²) in [5, 5.41) is 34.2. The Morgan fingerprint density at radius 2 is 1.95 bits per heavy atom. The van der Waals surface area contributed by atoms with Crippen LogP contribution in [0.5, 0.6) is 0 Å². The highest BCUT2D eigenvalue weighted by Crippen LogP contribution is 2.39. The fourth-order valence-electron chi connectivity index (χ4n) is 4.64. The summed E-state index contributed by atoms with van der Waals surface area (Å²) in [6.45, 7) is 2.38. The van der Waals surface area contributed by atoms with Crippen LogP contribution in [0.25, 0.3) is 27.9 Å². The molecule has 192 valence electrons. The van der Waals surface area contributed by atoms with Gasteiger partial charge < -0.3 is 5.21 Å². The first kappa shape index (κ1) is 24.0. The first-order chi connectivity index (χ1) is 18.5. The lowest BCUT2D eigenvalue weighted by atomic mass is 10.0. The third-order valence-corrected chi connectivity index (χ3v) is 7.06. The van der Waals surface area contributed by atoms with Crippen LogP contribution < -0.4 is 10.3 Å². The molecule has 5 aromatic rings. The summed E-state index contributed by atoms with van der Waals surface area (Å²) >= 11 is 6.29. The van der Waals surface area contributed by atoms with Crippen LogP contribution in [0.3, 0.4) is 0 Å². The van der Waals surface area contributed by atoms with E-state index in [0.717, 1.165) is 35.1 Å². The van der Waals surface area contributed by atoms with Gasteiger partial charge in [-0.15, -0.1) is 5.10 Å². The molecule has 6 rings (SSSR count). The van der Waals surface area contributed by atoms with Gasteiger partial charge in [-0.3, -0.25) is 9.48 Å². The molecule has 11 nitrogen and oxygen atoms in total. The largest absolute Gasteiger partial charge is 0.618 e. The maximum absolute atomic E-state index is 13.4. The number of halogens is 1. The average molecular weight is 530 g/mol. The van der Waals surface area contributed by atoms with Gasteiger partial charge in [0, 0.05) is 52.2 Å². The van der Waals surface area contributed by atoms with Crippen LogP contribution in [0.15, 0.2) is 72.3 Å². The topological polar surface area (TPSA) is 123 Å². The highest BCUT2D eigenvalue weighted by molar-refractivity contribution is 6.31. The Morgan fingerprint density at radius 3 is 2.66 bits per heavy atom. The number of rotatable bonds is 8. The lowest BCUT2D eigenvalue weighted by Gasteiger charge is -2.18. The second kappa shape index (κ2) is 9.82. The third-order valence-electron chi connectivity index (χ3n) is 6.83. The number of hydrogen-bond acceptors (Lipinski definition) is 7. The molecule has 0 N–H and O–H groups in total. The summed E-state index contributed by atoms with van der Waals surface area (Å²) in [4.78, 5) is 12.3. The molecule has 1 fully saturated rings. The summed E-state index contributed by atoms with van der Waals surface area (Å²) in [5.74, 6) is 0.543. The molecule has 1 aliphatic rings. The molecular formula is C26H24ClN9O2. The van der Waals surface area contributed by atoms with E-state index in [1.165, 1.54) is 15.7 Å². The van der Waals surface area contributed by atoms with Crippen LogP contribution in [0.1, 0.15) is 37.9 Å². The first-order valence-electron chi connectivity index (χ1n) is 12.4. The van der Waals surface area contributed by atoms with Gasteiger partial charge in [-0.25, -0.2) is 4.68 Å². The number of tetrazole rings is 1. The Balaban J connectivity index is 1.36. The molecule has 1 unspecified atom stereocenters. The zero-order chi connectivity index (χ0) is 26.2. The fraction of sp³-hybridized carbons (Fsp3) is 0.269. The van der Waals surface area contributed by atoms with Crippen LogP contribution in [0.4, 0.5) is 0 Å². The molecule has 1 aromatic carbocycles. The van der Waals surface area contributed by atoms with Crippen LogP contribution in [-0.4, -0.2) is 39.8 Å². The normalized spacial score (nSPS) is 14.1. The molecule has 0 aliphatic heterocycles. The molecule has 38 heavy (non-hydrogen) atoms. The first-order valence-corrected chi connectivity index (χ1v) is 12.8. The van der Waals surface area contributed by atoms with E-state index >= 15 is 0 Å². The number of aryl methyl sites for hydroxylation is 1.